The summed E-state index contributed by atoms with van der Waals surface area (Å²) in [6.07, 6.45) is 0.281. The molecule has 0 bridgehead atoms. The minimum atomic E-state index is -0.994. The molecule has 2 amide bonds. The number of amides is 2. The zero-order valence-electron chi connectivity index (χ0n) is 16.9. The van der Waals surface area contributed by atoms with Gasteiger partial charge in [0.05, 0.1) is 6.42 Å². The predicted molar refractivity (Wildman–Crippen MR) is 112 cm³/mol. The largest absolute Gasteiger partial charge is 0.481 e. The van der Waals surface area contributed by atoms with Crippen molar-refractivity contribution in [3.05, 3.63) is 59.7 Å². The molecule has 3 rings (SSSR count). The van der Waals surface area contributed by atoms with Gasteiger partial charge in [-0.25, -0.2) is 4.79 Å². The molecule has 0 unspecified atom stereocenters. The standard InChI is InChI=1S/C23H26N2O5/c1-2-7-20(22(28)24-13-12-21(26)27)25-23(29)30-14-19-17-10-5-3-8-15(17)16-9-4-6-11-18(16)19/h3-6,8-11,19-20H,2,7,12-14H2,1H3,(H,24,28)(H,25,29)(H,26,27)/t20-/m0/s1. The number of rotatable bonds is 9. The molecule has 1 atom stereocenters. The van der Waals surface area contributed by atoms with E-state index in [9.17, 15) is 14.4 Å². The first-order chi connectivity index (χ1) is 14.5. The number of benzene rings is 2. The molecular formula is C23H26N2O5. The van der Waals surface area contributed by atoms with Crippen molar-refractivity contribution in [3.63, 3.8) is 0 Å². The molecule has 3 N–H and O–H groups in total. The second-order valence-electron chi connectivity index (χ2n) is 7.25. The summed E-state index contributed by atoms with van der Waals surface area (Å²) in [5.41, 5.74) is 4.51. The number of carboxylic acids is 1. The van der Waals surface area contributed by atoms with Crippen molar-refractivity contribution >= 4 is 18.0 Å². The smallest absolute Gasteiger partial charge is 0.407 e. The lowest BCUT2D eigenvalue weighted by molar-refractivity contribution is -0.137. The van der Waals surface area contributed by atoms with Crippen molar-refractivity contribution in [1.82, 2.24) is 10.6 Å². The lowest BCUT2D eigenvalue weighted by Crippen LogP contribution is -2.47. The normalized spacial score (nSPS) is 13.1. The van der Waals surface area contributed by atoms with Crippen LogP contribution >= 0.6 is 0 Å². The molecule has 0 aliphatic heterocycles. The maximum Gasteiger partial charge on any atom is 0.407 e. The van der Waals surface area contributed by atoms with Crippen LogP contribution in [-0.4, -0.2) is 42.3 Å². The Hall–Kier alpha value is -3.35. The Balaban J connectivity index is 1.60. The average Bonchev–Trinajstić information content (AvgIpc) is 3.05. The molecule has 0 fully saturated rings. The molecular weight excluding hydrogens is 384 g/mol. The summed E-state index contributed by atoms with van der Waals surface area (Å²) in [6.45, 7) is 2.08. The van der Waals surface area contributed by atoms with Gasteiger partial charge in [-0.05, 0) is 28.7 Å². The Bertz CT molecular complexity index is 882. The van der Waals surface area contributed by atoms with E-state index in [1.165, 1.54) is 0 Å². The third kappa shape index (κ3) is 4.97. The lowest BCUT2D eigenvalue weighted by Gasteiger charge is -2.19. The Morgan fingerprint density at radius 2 is 1.63 bits per heavy atom. The van der Waals surface area contributed by atoms with Crippen molar-refractivity contribution < 1.29 is 24.2 Å². The van der Waals surface area contributed by atoms with E-state index in [0.29, 0.717) is 12.8 Å². The van der Waals surface area contributed by atoms with E-state index < -0.39 is 24.0 Å². The van der Waals surface area contributed by atoms with Gasteiger partial charge < -0.3 is 20.5 Å². The first kappa shape index (κ1) is 21.4. The van der Waals surface area contributed by atoms with Crippen LogP contribution in [0.3, 0.4) is 0 Å². The number of nitrogens with one attached hydrogen (secondary N) is 2. The Morgan fingerprint density at radius 3 is 2.20 bits per heavy atom. The van der Waals surface area contributed by atoms with Crippen LogP contribution in [0.5, 0.6) is 0 Å². The third-order valence-corrected chi connectivity index (χ3v) is 5.17. The number of alkyl carbamates (subject to hydrolysis) is 1. The molecule has 30 heavy (non-hydrogen) atoms. The third-order valence-electron chi connectivity index (χ3n) is 5.17. The van der Waals surface area contributed by atoms with Crippen LogP contribution in [0.4, 0.5) is 4.79 Å². The zero-order valence-corrected chi connectivity index (χ0v) is 16.9. The number of hydrogen-bond acceptors (Lipinski definition) is 4. The van der Waals surface area contributed by atoms with Crippen molar-refractivity contribution in [2.24, 2.45) is 0 Å². The number of aliphatic carboxylic acids is 1. The van der Waals surface area contributed by atoms with Gasteiger partial charge in [0, 0.05) is 12.5 Å². The van der Waals surface area contributed by atoms with E-state index in [2.05, 4.69) is 22.8 Å². The predicted octanol–water partition coefficient (Wildman–Crippen LogP) is 3.28. The minimum Gasteiger partial charge on any atom is -0.481 e. The van der Waals surface area contributed by atoms with Crippen LogP contribution in [0.2, 0.25) is 0 Å². The van der Waals surface area contributed by atoms with Gasteiger partial charge in [-0.3, -0.25) is 9.59 Å². The van der Waals surface area contributed by atoms with Crippen LogP contribution in [0.25, 0.3) is 11.1 Å². The van der Waals surface area contributed by atoms with Gasteiger partial charge in [0.2, 0.25) is 5.91 Å². The summed E-state index contributed by atoms with van der Waals surface area (Å²) in [5.74, 6) is -1.46. The number of carbonyl (C=O) groups excluding carboxylic acids is 2. The molecule has 0 spiro atoms. The van der Waals surface area contributed by atoms with Gasteiger partial charge in [-0.15, -0.1) is 0 Å². The van der Waals surface area contributed by atoms with Crippen LogP contribution in [0, 0.1) is 0 Å². The van der Waals surface area contributed by atoms with Crippen molar-refractivity contribution in [1.29, 1.82) is 0 Å². The summed E-state index contributed by atoms with van der Waals surface area (Å²) >= 11 is 0. The summed E-state index contributed by atoms with van der Waals surface area (Å²) in [4.78, 5) is 35.3. The fourth-order valence-electron chi connectivity index (χ4n) is 3.76. The SMILES string of the molecule is CCC[C@H](NC(=O)OCC1c2ccccc2-c2ccccc21)C(=O)NCCC(=O)O. The van der Waals surface area contributed by atoms with Crippen molar-refractivity contribution in [3.8, 4) is 11.1 Å². The number of carboxylic acid groups (broad SMARTS) is 1. The molecule has 7 heteroatoms. The van der Waals surface area contributed by atoms with Crippen molar-refractivity contribution in [2.45, 2.75) is 38.1 Å². The number of hydrogen-bond donors (Lipinski definition) is 3. The van der Waals surface area contributed by atoms with E-state index in [1.807, 2.05) is 43.3 Å². The fourth-order valence-corrected chi connectivity index (χ4v) is 3.76. The number of ether oxygens (including phenoxy) is 1. The maximum absolute atomic E-state index is 12.4. The summed E-state index contributed by atoms with van der Waals surface area (Å²) < 4.78 is 5.49. The van der Waals surface area contributed by atoms with E-state index in [0.717, 1.165) is 22.3 Å². The highest BCUT2D eigenvalue weighted by molar-refractivity contribution is 5.86. The molecule has 0 saturated heterocycles. The number of carbonyl (C=O) groups is 3. The quantitative estimate of drug-likeness (QED) is 0.588. The molecule has 0 aromatic heterocycles. The zero-order chi connectivity index (χ0) is 21.5. The Labute approximate surface area is 175 Å². The molecule has 1 aliphatic rings. The molecule has 158 valence electrons. The first-order valence-corrected chi connectivity index (χ1v) is 10.1. The second-order valence-corrected chi connectivity index (χ2v) is 7.25. The van der Waals surface area contributed by atoms with Gasteiger partial charge in [0.1, 0.15) is 12.6 Å². The van der Waals surface area contributed by atoms with E-state index in [-0.39, 0.29) is 25.5 Å². The summed E-state index contributed by atoms with van der Waals surface area (Å²) in [6, 6.07) is 15.4. The van der Waals surface area contributed by atoms with Gasteiger partial charge in [0.15, 0.2) is 0 Å². The molecule has 0 heterocycles. The second kappa shape index (κ2) is 9.91. The maximum atomic E-state index is 12.4. The van der Waals surface area contributed by atoms with Gasteiger partial charge in [-0.1, -0.05) is 61.9 Å². The fraction of sp³-hybridized carbons (Fsp3) is 0.348. The molecule has 0 radical (unpaired) electrons. The first-order valence-electron chi connectivity index (χ1n) is 10.1. The molecule has 2 aromatic rings. The highest BCUT2D eigenvalue weighted by atomic mass is 16.5. The van der Waals surface area contributed by atoms with E-state index in [1.54, 1.807) is 0 Å². The molecule has 1 aliphatic carbocycles. The van der Waals surface area contributed by atoms with Crippen LogP contribution < -0.4 is 10.6 Å². The highest BCUT2D eigenvalue weighted by Gasteiger charge is 2.29. The summed E-state index contributed by atoms with van der Waals surface area (Å²) in [5, 5.41) is 13.8. The van der Waals surface area contributed by atoms with Gasteiger partial charge >= 0.3 is 12.1 Å². The monoisotopic (exact) mass is 410 g/mol. The Morgan fingerprint density at radius 1 is 1.03 bits per heavy atom. The topological polar surface area (TPSA) is 105 Å². The van der Waals surface area contributed by atoms with E-state index in [4.69, 9.17) is 9.84 Å². The Kier molecular flexibility index (Phi) is 7.06. The molecule has 0 saturated carbocycles. The van der Waals surface area contributed by atoms with Crippen LogP contribution in [0.1, 0.15) is 43.2 Å². The van der Waals surface area contributed by atoms with Crippen LogP contribution in [-0.2, 0) is 14.3 Å². The van der Waals surface area contributed by atoms with Crippen molar-refractivity contribution in [2.75, 3.05) is 13.2 Å². The molecule has 2 aromatic carbocycles. The molecule has 7 nitrogen and oxygen atoms in total. The van der Waals surface area contributed by atoms with Gasteiger partial charge in [-0.2, -0.15) is 0 Å². The highest BCUT2D eigenvalue weighted by Crippen LogP contribution is 2.44. The summed E-state index contributed by atoms with van der Waals surface area (Å²) in [7, 11) is 0. The average molecular weight is 410 g/mol. The minimum absolute atomic E-state index is 0.0146. The van der Waals surface area contributed by atoms with Crippen LogP contribution in [0.15, 0.2) is 48.5 Å². The lowest BCUT2D eigenvalue weighted by atomic mass is 9.98. The van der Waals surface area contributed by atoms with Gasteiger partial charge in [0.25, 0.3) is 0 Å². The number of fused-ring (bicyclic) bond motifs is 3. The van der Waals surface area contributed by atoms with E-state index >= 15 is 0 Å².